The normalized spacial score (nSPS) is 9.65. The highest BCUT2D eigenvalue weighted by Gasteiger charge is 2.09. The second-order valence-corrected chi connectivity index (χ2v) is 4.25. The molecule has 2 rings (SSSR count). The highest BCUT2D eigenvalue weighted by Crippen LogP contribution is 2.11. The van der Waals surface area contributed by atoms with E-state index in [-0.39, 0.29) is 0 Å². The maximum Gasteiger partial charge on any atom is 0.338 e. The Labute approximate surface area is 117 Å². The summed E-state index contributed by atoms with van der Waals surface area (Å²) < 4.78 is 0. The van der Waals surface area contributed by atoms with Gasteiger partial charge in [-0.2, -0.15) is 0 Å². The van der Waals surface area contributed by atoms with Gasteiger partial charge in [-0.3, -0.25) is 4.79 Å². The molecule has 3 amide bonds. The fraction of sp³-hybridized carbons (Fsp3) is 0.0667. The van der Waals surface area contributed by atoms with Gasteiger partial charge in [0.2, 0.25) is 6.41 Å². The van der Waals surface area contributed by atoms with Crippen LogP contribution in [0.1, 0.15) is 5.56 Å². The van der Waals surface area contributed by atoms with Crippen molar-refractivity contribution in [3.05, 3.63) is 60.2 Å². The second kappa shape index (κ2) is 6.38. The van der Waals surface area contributed by atoms with Crippen LogP contribution in [0.4, 0.5) is 16.2 Å². The molecule has 0 unspecified atom stereocenters. The van der Waals surface area contributed by atoms with Gasteiger partial charge >= 0.3 is 6.03 Å². The van der Waals surface area contributed by atoms with Gasteiger partial charge in [0.15, 0.2) is 0 Å². The van der Waals surface area contributed by atoms with Crippen molar-refractivity contribution in [2.75, 3.05) is 10.3 Å². The highest BCUT2D eigenvalue weighted by atomic mass is 16.2. The van der Waals surface area contributed by atoms with Gasteiger partial charge in [0.1, 0.15) is 0 Å². The van der Waals surface area contributed by atoms with E-state index < -0.39 is 6.03 Å². The quantitative estimate of drug-likeness (QED) is 0.662. The molecule has 0 fully saturated rings. The molecular weight excluding hydrogens is 254 g/mol. The van der Waals surface area contributed by atoms with E-state index in [0.29, 0.717) is 17.8 Å². The van der Waals surface area contributed by atoms with Crippen LogP contribution in [0.15, 0.2) is 54.6 Å². The lowest BCUT2D eigenvalue weighted by molar-refractivity contribution is -0.107. The number of nitrogens with zero attached hydrogens (tertiary/aromatic N) is 1. The SMILES string of the molecule is Cc1cccc(NC(=O)NN(C=O)c2ccccc2)c1. The number of amides is 3. The third-order valence-electron chi connectivity index (χ3n) is 2.64. The maximum atomic E-state index is 11.8. The molecule has 0 aliphatic carbocycles. The van der Waals surface area contributed by atoms with E-state index >= 15 is 0 Å². The summed E-state index contributed by atoms with van der Waals surface area (Å²) in [6, 6.07) is 15.8. The number of aryl methyl sites for hydroxylation is 1. The van der Waals surface area contributed by atoms with E-state index in [1.165, 1.54) is 0 Å². The van der Waals surface area contributed by atoms with Crippen LogP contribution >= 0.6 is 0 Å². The highest BCUT2D eigenvalue weighted by molar-refractivity contribution is 5.93. The van der Waals surface area contributed by atoms with Crippen LogP contribution in [-0.4, -0.2) is 12.4 Å². The number of urea groups is 1. The van der Waals surface area contributed by atoms with E-state index in [1.54, 1.807) is 30.3 Å². The topological polar surface area (TPSA) is 61.4 Å². The smallest absolute Gasteiger partial charge is 0.307 e. The van der Waals surface area contributed by atoms with E-state index in [1.807, 2.05) is 31.2 Å². The summed E-state index contributed by atoms with van der Waals surface area (Å²) in [5.41, 5.74) is 4.76. The van der Waals surface area contributed by atoms with Crippen LogP contribution in [0, 0.1) is 6.92 Å². The average molecular weight is 269 g/mol. The molecule has 0 bridgehead atoms. The first-order valence-electron chi connectivity index (χ1n) is 6.13. The predicted molar refractivity (Wildman–Crippen MR) is 78.3 cm³/mol. The molecule has 2 aromatic carbocycles. The Balaban J connectivity index is 2.01. The van der Waals surface area contributed by atoms with Crippen LogP contribution < -0.4 is 15.8 Å². The van der Waals surface area contributed by atoms with Gasteiger partial charge in [-0.25, -0.2) is 15.2 Å². The van der Waals surface area contributed by atoms with Crippen molar-refractivity contribution in [3.8, 4) is 0 Å². The van der Waals surface area contributed by atoms with E-state index in [4.69, 9.17) is 0 Å². The average Bonchev–Trinajstić information content (AvgIpc) is 2.45. The number of carbonyl (C=O) groups is 2. The summed E-state index contributed by atoms with van der Waals surface area (Å²) in [5.74, 6) is 0. The van der Waals surface area contributed by atoms with E-state index in [2.05, 4.69) is 10.7 Å². The minimum absolute atomic E-state index is 0.480. The standard InChI is InChI=1S/C15H15N3O2/c1-12-6-5-7-13(10-12)16-15(20)17-18(11-19)14-8-3-2-4-9-14/h2-11H,1H3,(H2,16,17,20). The van der Waals surface area contributed by atoms with Crippen LogP contribution in [0.25, 0.3) is 0 Å². The molecule has 2 aromatic rings. The molecule has 20 heavy (non-hydrogen) atoms. The number of carbonyl (C=O) groups excluding carboxylic acids is 2. The summed E-state index contributed by atoms with van der Waals surface area (Å²) in [6.45, 7) is 1.94. The summed E-state index contributed by atoms with van der Waals surface area (Å²) >= 11 is 0. The first kappa shape index (κ1) is 13.6. The molecule has 0 aliphatic rings. The molecule has 5 heteroatoms. The van der Waals surface area contributed by atoms with Crippen LogP contribution in [0.5, 0.6) is 0 Å². The van der Waals surface area contributed by atoms with Gasteiger partial charge < -0.3 is 5.32 Å². The van der Waals surface area contributed by atoms with Crippen molar-refractivity contribution in [2.24, 2.45) is 0 Å². The maximum absolute atomic E-state index is 11.8. The Morgan fingerprint density at radius 3 is 2.50 bits per heavy atom. The minimum Gasteiger partial charge on any atom is -0.307 e. The number of para-hydroxylation sites is 1. The summed E-state index contributed by atoms with van der Waals surface area (Å²) in [7, 11) is 0. The third kappa shape index (κ3) is 3.58. The van der Waals surface area contributed by atoms with Gasteiger partial charge in [-0.05, 0) is 36.8 Å². The fourth-order valence-corrected chi connectivity index (χ4v) is 1.73. The Morgan fingerprint density at radius 1 is 1.10 bits per heavy atom. The number of nitrogens with one attached hydrogen (secondary N) is 2. The van der Waals surface area contributed by atoms with Crippen molar-refractivity contribution < 1.29 is 9.59 Å². The molecule has 102 valence electrons. The zero-order valence-electron chi connectivity index (χ0n) is 11.0. The van der Waals surface area contributed by atoms with Crippen molar-refractivity contribution in [1.82, 2.24) is 5.43 Å². The molecule has 0 aliphatic heterocycles. The third-order valence-corrected chi connectivity index (χ3v) is 2.64. The molecule has 0 atom stereocenters. The number of anilines is 2. The van der Waals surface area contributed by atoms with Crippen molar-refractivity contribution in [3.63, 3.8) is 0 Å². The zero-order valence-corrected chi connectivity index (χ0v) is 11.0. The van der Waals surface area contributed by atoms with Crippen molar-refractivity contribution >= 4 is 23.8 Å². The Bertz CT molecular complexity index is 599. The first-order chi connectivity index (χ1) is 9.69. The molecule has 5 nitrogen and oxygen atoms in total. The lowest BCUT2D eigenvalue weighted by atomic mass is 10.2. The van der Waals surface area contributed by atoms with Gasteiger partial charge in [-0.1, -0.05) is 30.3 Å². The second-order valence-electron chi connectivity index (χ2n) is 4.25. The Hall–Kier alpha value is -2.82. The summed E-state index contributed by atoms with van der Waals surface area (Å²) in [4.78, 5) is 22.9. The summed E-state index contributed by atoms with van der Waals surface area (Å²) in [5, 5.41) is 3.78. The van der Waals surface area contributed by atoms with Crippen LogP contribution in [0.2, 0.25) is 0 Å². The van der Waals surface area contributed by atoms with Gasteiger partial charge in [0.25, 0.3) is 0 Å². The van der Waals surface area contributed by atoms with E-state index in [9.17, 15) is 9.59 Å². The Morgan fingerprint density at radius 2 is 1.85 bits per heavy atom. The molecular formula is C15H15N3O2. The minimum atomic E-state index is -0.480. The molecule has 0 heterocycles. The lowest BCUT2D eigenvalue weighted by Gasteiger charge is -2.18. The summed E-state index contributed by atoms with van der Waals surface area (Å²) in [6.07, 6.45) is 0.547. The zero-order chi connectivity index (χ0) is 14.4. The Kier molecular flexibility index (Phi) is 4.34. The van der Waals surface area contributed by atoms with Crippen LogP contribution in [-0.2, 0) is 4.79 Å². The van der Waals surface area contributed by atoms with Gasteiger partial charge in [-0.15, -0.1) is 0 Å². The number of hydrogen-bond donors (Lipinski definition) is 2. The number of hydrogen-bond acceptors (Lipinski definition) is 2. The molecule has 0 spiro atoms. The largest absolute Gasteiger partial charge is 0.338 e. The molecule has 0 saturated carbocycles. The molecule has 0 radical (unpaired) electrons. The fourth-order valence-electron chi connectivity index (χ4n) is 1.73. The number of hydrazine groups is 1. The monoisotopic (exact) mass is 269 g/mol. The van der Waals surface area contributed by atoms with Crippen LogP contribution in [0.3, 0.4) is 0 Å². The van der Waals surface area contributed by atoms with Gasteiger partial charge in [0, 0.05) is 5.69 Å². The number of rotatable bonds is 4. The predicted octanol–water partition coefficient (Wildman–Crippen LogP) is 2.69. The van der Waals surface area contributed by atoms with Crippen molar-refractivity contribution in [2.45, 2.75) is 6.92 Å². The van der Waals surface area contributed by atoms with E-state index in [0.717, 1.165) is 10.6 Å². The first-order valence-corrected chi connectivity index (χ1v) is 6.13. The van der Waals surface area contributed by atoms with Crippen molar-refractivity contribution in [1.29, 1.82) is 0 Å². The van der Waals surface area contributed by atoms with Gasteiger partial charge in [0.05, 0.1) is 5.69 Å². The molecule has 2 N–H and O–H groups in total. The molecule has 0 saturated heterocycles. The number of benzene rings is 2. The molecule has 0 aromatic heterocycles. The lowest BCUT2D eigenvalue weighted by Crippen LogP contribution is -2.43.